The van der Waals surface area contributed by atoms with Gasteiger partial charge in [-0.05, 0) is 50.1 Å². The van der Waals surface area contributed by atoms with Gasteiger partial charge in [-0.1, -0.05) is 24.3 Å². The third-order valence-corrected chi connectivity index (χ3v) is 3.11. The van der Waals surface area contributed by atoms with Crippen molar-refractivity contribution in [3.8, 4) is 11.5 Å². The van der Waals surface area contributed by atoms with Crippen LogP contribution in [0.4, 0.5) is 5.69 Å². The summed E-state index contributed by atoms with van der Waals surface area (Å²) in [7, 11) is 1.68. The molecule has 0 unspecified atom stereocenters. The smallest absolute Gasteiger partial charge is 0.161 e. The number of nitrogens with one attached hydrogen (secondary N) is 1. The van der Waals surface area contributed by atoms with Gasteiger partial charge in [0.1, 0.15) is 0 Å². The molecule has 0 spiro atoms. The molecule has 3 heteroatoms. The number of benzene rings is 2. The van der Waals surface area contributed by atoms with Crippen LogP contribution < -0.4 is 14.8 Å². The molecule has 0 aliphatic rings. The van der Waals surface area contributed by atoms with Crippen molar-refractivity contribution in [1.29, 1.82) is 0 Å². The first-order valence-electron chi connectivity index (χ1n) is 7.31. The van der Waals surface area contributed by atoms with Crippen molar-refractivity contribution in [2.45, 2.75) is 26.4 Å². The summed E-state index contributed by atoms with van der Waals surface area (Å²) >= 11 is 0. The molecule has 2 aromatic carbocycles. The van der Waals surface area contributed by atoms with Crippen LogP contribution in [0.3, 0.4) is 0 Å². The zero-order chi connectivity index (χ0) is 15.1. The van der Waals surface area contributed by atoms with Crippen molar-refractivity contribution >= 4 is 5.69 Å². The molecule has 0 fully saturated rings. The second-order valence-corrected chi connectivity index (χ2v) is 5.19. The lowest BCUT2D eigenvalue weighted by molar-refractivity contribution is 0.230. The highest BCUT2D eigenvalue weighted by Crippen LogP contribution is 2.29. The van der Waals surface area contributed by atoms with E-state index in [4.69, 9.17) is 9.47 Å². The van der Waals surface area contributed by atoms with Crippen molar-refractivity contribution in [1.82, 2.24) is 0 Å². The summed E-state index contributed by atoms with van der Waals surface area (Å²) in [5.74, 6) is 1.59. The van der Waals surface area contributed by atoms with Gasteiger partial charge >= 0.3 is 0 Å². The van der Waals surface area contributed by atoms with E-state index in [1.54, 1.807) is 7.11 Å². The Morgan fingerprint density at radius 1 is 1.00 bits per heavy atom. The summed E-state index contributed by atoms with van der Waals surface area (Å²) in [6.07, 6.45) is 1.08. The topological polar surface area (TPSA) is 30.5 Å². The SMILES string of the molecule is COc1cc(CCNc2ccccc2)ccc1OC(C)C. The Kier molecular flexibility index (Phi) is 5.50. The minimum atomic E-state index is 0.143. The van der Waals surface area contributed by atoms with Gasteiger partial charge in [0.05, 0.1) is 13.2 Å². The summed E-state index contributed by atoms with van der Waals surface area (Å²) in [5, 5.41) is 3.41. The molecule has 0 aromatic heterocycles. The van der Waals surface area contributed by atoms with Crippen molar-refractivity contribution < 1.29 is 9.47 Å². The van der Waals surface area contributed by atoms with Gasteiger partial charge in [-0.15, -0.1) is 0 Å². The van der Waals surface area contributed by atoms with Gasteiger partial charge in [0.25, 0.3) is 0 Å². The van der Waals surface area contributed by atoms with Gasteiger partial charge in [-0.2, -0.15) is 0 Å². The fourth-order valence-corrected chi connectivity index (χ4v) is 2.13. The predicted octanol–water partition coefficient (Wildman–Crippen LogP) is 4.14. The number of anilines is 1. The Morgan fingerprint density at radius 3 is 2.43 bits per heavy atom. The van der Waals surface area contributed by atoms with Gasteiger partial charge < -0.3 is 14.8 Å². The van der Waals surface area contributed by atoms with E-state index in [0.717, 1.165) is 30.2 Å². The van der Waals surface area contributed by atoms with Crippen LogP contribution in [0.5, 0.6) is 11.5 Å². The van der Waals surface area contributed by atoms with Crippen LogP contribution in [0.2, 0.25) is 0 Å². The summed E-state index contributed by atoms with van der Waals surface area (Å²) in [6.45, 7) is 4.91. The van der Waals surface area contributed by atoms with Gasteiger partial charge in [0, 0.05) is 12.2 Å². The van der Waals surface area contributed by atoms with E-state index in [-0.39, 0.29) is 6.10 Å². The Balaban J connectivity index is 1.94. The molecule has 0 amide bonds. The Hall–Kier alpha value is -2.16. The predicted molar refractivity (Wildman–Crippen MR) is 87.4 cm³/mol. The standard InChI is InChI=1S/C18H23NO2/c1-14(2)21-17-10-9-15(13-18(17)20-3)11-12-19-16-7-5-4-6-8-16/h4-10,13-14,19H,11-12H2,1-3H3. The van der Waals surface area contributed by atoms with Crippen LogP contribution in [0.15, 0.2) is 48.5 Å². The molecule has 0 aliphatic heterocycles. The van der Waals surface area contributed by atoms with Gasteiger partial charge in [0.15, 0.2) is 11.5 Å². The van der Waals surface area contributed by atoms with Crippen LogP contribution in [-0.4, -0.2) is 19.8 Å². The van der Waals surface area contributed by atoms with Crippen LogP contribution >= 0.6 is 0 Å². The lowest BCUT2D eigenvalue weighted by Crippen LogP contribution is -2.08. The first-order valence-corrected chi connectivity index (χ1v) is 7.31. The van der Waals surface area contributed by atoms with E-state index < -0.39 is 0 Å². The Bertz CT molecular complexity index is 552. The molecule has 21 heavy (non-hydrogen) atoms. The first kappa shape index (κ1) is 15.2. The molecule has 1 N–H and O–H groups in total. The van der Waals surface area contributed by atoms with E-state index in [9.17, 15) is 0 Å². The average molecular weight is 285 g/mol. The molecule has 0 aliphatic carbocycles. The maximum atomic E-state index is 5.72. The summed E-state index contributed by atoms with van der Waals surface area (Å²) in [4.78, 5) is 0. The van der Waals surface area contributed by atoms with Crippen LogP contribution in [0.25, 0.3) is 0 Å². The zero-order valence-electron chi connectivity index (χ0n) is 12.9. The minimum absolute atomic E-state index is 0.143. The lowest BCUT2D eigenvalue weighted by Gasteiger charge is -2.14. The monoisotopic (exact) mass is 285 g/mol. The molecular formula is C18H23NO2. The number of para-hydroxylation sites is 1. The highest BCUT2D eigenvalue weighted by molar-refractivity contribution is 5.45. The normalized spacial score (nSPS) is 10.5. The summed E-state index contributed by atoms with van der Waals surface area (Å²) < 4.78 is 11.1. The Labute approximate surface area is 126 Å². The maximum absolute atomic E-state index is 5.72. The zero-order valence-corrected chi connectivity index (χ0v) is 12.9. The summed E-state index contributed by atoms with van der Waals surface area (Å²) in [6, 6.07) is 16.3. The van der Waals surface area contributed by atoms with E-state index >= 15 is 0 Å². The second kappa shape index (κ2) is 7.58. The van der Waals surface area contributed by atoms with Crippen molar-refractivity contribution in [2.24, 2.45) is 0 Å². The van der Waals surface area contributed by atoms with Gasteiger partial charge in [-0.25, -0.2) is 0 Å². The third kappa shape index (κ3) is 4.71. The molecule has 0 heterocycles. The molecule has 0 atom stereocenters. The summed E-state index contributed by atoms with van der Waals surface area (Å²) in [5.41, 5.74) is 2.37. The minimum Gasteiger partial charge on any atom is -0.493 e. The Morgan fingerprint density at radius 2 is 1.76 bits per heavy atom. The molecule has 3 nitrogen and oxygen atoms in total. The van der Waals surface area contributed by atoms with Gasteiger partial charge in [0.2, 0.25) is 0 Å². The number of rotatable bonds is 7. The largest absolute Gasteiger partial charge is 0.493 e. The van der Waals surface area contributed by atoms with E-state index in [1.807, 2.05) is 44.2 Å². The fraction of sp³-hybridized carbons (Fsp3) is 0.333. The second-order valence-electron chi connectivity index (χ2n) is 5.19. The van der Waals surface area contributed by atoms with Crippen LogP contribution in [-0.2, 0) is 6.42 Å². The highest BCUT2D eigenvalue weighted by Gasteiger charge is 2.07. The first-order chi connectivity index (χ1) is 10.2. The van der Waals surface area contributed by atoms with Crippen molar-refractivity contribution in [3.05, 3.63) is 54.1 Å². The van der Waals surface area contributed by atoms with Crippen molar-refractivity contribution in [3.63, 3.8) is 0 Å². The van der Waals surface area contributed by atoms with Crippen LogP contribution in [0.1, 0.15) is 19.4 Å². The van der Waals surface area contributed by atoms with Crippen LogP contribution in [0, 0.1) is 0 Å². The average Bonchev–Trinajstić information content (AvgIpc) is 2.49. The highest BCUT2D eigenvalue weighted by atomic mass is 16.5. The fourth-order valence-electron chi connectivity index (χ4n) is 2.13. The van der Waals surface area contributed by atoms with E-state index in [2.05, 4.69) is 23.5 Å². The molecular weight excluding hydrogens is 262 g/mol. The van der Waals surface area contributed by atoms with E-state index in [0.29, 0.717) is 0 Å². The molecule has 2 rings (SSSR count). The number of hydrogen-bond acceptors (Lipinski definition) is 3. The quantitative estimate of drug-likeness (QED) is 0.829. The number of ether oxygens (including phenoxy) is 2. The molecule has 112 valence electrons. The molecule has 0 saturated heterocycles. The lowest BCUT2D eigenvalue weighted by atomic mass is 10.1. The maximum Gasteiger partial charge on any atom is 0.161 e. The number of methoxy groups -OCH3 is 1. The van der Waals surface area contributed by atoms with Gasteiger partial charge in [-0.3, -0.25) is 0 Å². The third-order valence-electron chi connectivity index (χ3n) is 3.11. The molecule has 0 saturated carbocycles. The van der Waals surface area contributed by atoms with E-state index in [1.165, 1.54) is 5.56 Å². The van der Waals surface area contributed by atoms with Crippen molar-refractivity contribution in [2.75, 3.05) is 19.0 Å². The number of hydrogen-bond donors (Lipinski definition) is 1. The molecule has 0 bridgehead atoms. The molecule has 0 radical (unpaired) electrons. The molecule has 2 aromatic rings.